The number of β-amino-alcohol motifs (C(OH)–C–C–N with tert-alkyl or cyclic N) is 1. The van der Waals surface area contributed by atoms with Gasteiger partial charge in [-0.05, 0) is 51.3 Å². The van der Waals surface area contributed by atoms with E-state index < -0.39 is 5.60 Å². The number of nitrogens with one attached hydrogen (secondary N) is 1. The van der Waals surface area contributed by atoms with Crippen LogP contribution < -0.4 is 10.9 Å². The molecular formula is C21H25N3O2S. The summed E-state index contributed by atoms with van der Waals surface area (Å²) in [6.07, 6.45) is 3.18. The summed E-state index contributed by atoms with van der Waals surface area (Å²) in [5, 5.41) is 14.7. The molecule has 2 aromatic heterocycles. The second kappa shape index (κ2) is 6.86. The van der Waals surface area contributed by atoms with Gasteiger partial charge in [0.2, 0.25) is 0 Å². The zero-order chi connectivity index (χ0) is 19.2. The molecule has 0 saturated carbocycles. The standard InChI is InChI=1S/C21H25N3O2S/c1-13-5-6-14(2)16(9-13)17-15(3)27-19-18(17)20(25)24(12-23-19)11-21(26)7-4-8-22-10-21/h5-6,9,12,22,26H,4,7-8,10-11H2,1-3H3/t21-/m1/s1. The highest BCUT2D eigenvalue weighted by atomic mass is 32.1. The zero-order valence-corrected chi connectivity index (χ0v) is 16.8. The highest BCUT2D eigenvalue weighted by Gasteiger charge is 2.30. The van der Waals surface area contributed by atoms with Crippen LogP contribution in [0.3, 0.4) is 0 Å². The van der Waals surface area contributed by atoms with Crippen LogP contribution in [-0.4, -0.2) is 33.3 Å². The van der Waals surface area contributed by atoms with Gasteiger partial charge in [0, 0.05) is 17.0 Å². The van der Waals surface area contributed by atoms with E-state index in [1.54, 1.807) is 22.2 Å². The molecule has 1 fully saturated rings. The van der Waals surface area contributed by atoms with Gasteiger partial charge in [-0.1, -0.05) is 23.8 Å². The monoisotopic (exact) mass is 383 g/mol. The minimum atomic E-state index is -0.901. The summed E-state index contributed by atoms with van der Waals surface area (Å²) in [6, 6.07) is 6.32. The molecule has 4 rings (SSSR count). The number of fused-ring (bicyclic) bond motifs is 1. The Kier molecular flexibility index (Phi) is 4.66. The Morgan fingerprint density at radius 3 is 2.89 bits per heavy atom. The number of benzene rings is 1. The fourth-order valence-corrected chi connectivity index (χ4v) is 4.98. The molecule has 6 heteroatoms. The molecule has 0 bridgehead atoms. The third-order valence-electron chi connectivity index (χ3n) is 5.43. The second-order valence-electron chi connectivity index (χ2n) is 7.71. The molecule has 1 aromatic carbocycles. The number of rotatable bonds is 3. The number of thiophene rings is 1. The Morgan fingerprint density at radius 2 is 2.15 bits per heavy atom. The zero-order valence-electron chi connectivity index (χ0n) is 16.0. The summed E-state index contributed by atoms with van der Waals surface area (Å²) in [4.78, 5) is 19.8. The van der Waals surface area contributed by atoms with Crippen molar-refractivity contribution in [3.05, 3.63) is 50.9 Å². The summed E-state index contributed by atoms with van der Waals surface area (Å²) in [6.45, 7) is 7.87. The number of piperidine rings is 1. The van der Waals surface area contributed by atoms with Crippen molar-refractivity contribution in [2.75, 3.05) is 13.1 Å². The first-order valence-corrected chi connectivity index (χ1v) is 10.2. The maximum atomic E-state index is 13.3. The fraction of sp³-hybridized carbons (Fsp3) is 0.429. The van der Waals surface area contributed by atoms with Crippen molar-refractivity contribution in [3.63, 3.8) is 0 Å². The van der Waals surface area contributed by atoms with Crippen molar-refractivity contribution in [1.82, 2.24) is 14.9 Å². The SMILES string of the molecule is Cc1ccc(C)c(-c2c(C)sc3ncn(C[C@@]4(O)CCCNC4)c(=O)c23)c1. The number of hydrogen-bond acceptors (Lipinski definition) is 5. The van der Waals surface area contributed by atoms with E-state index in [0.29, 0.717) is 18.4 Å². The molecule has 27 heavy (non-hydrogen) atoms. The smallest absolute Gasteiger partial charge is 0.262 e. The van der Waals surface area contributed by atoms with Crippen molar-refractivity contribution in [2.45, 2.75) is 45.8 Å². The molecule has 2 N–H and O–H groups in total. The lowest BCUT2D eigenvalue weighted by atomic mass is 9.94. The molecule has 0 radical (unpaired) electrons. The first-order valence-electron chi connectivity index (χ1n) is 9.37. The van der Waals surface area contributed by atoms with Gasteiger partial charge in [0.1, 0.15) is 4.83 Å². The molecule has 1 aliphatic heterocycles. The van der Waals surface area contributed by atoms with Gasteiger partial charge in [-0.3, -0.25) is 9.36 Å². The average Bonchev–Trinajstić information content (AvgIpc) is 2.97. The topological polar surface area (TPSA) is 67.2 Å². The quantitative estimate of drug-likeness (QED) is 0.729. The summed E-state index contributed by atoms with van der Waals surface area (Å²) in [5.41, 5.74) is 3.42. The molecule has 1 atom stereocenters. The summed E-state index contributed by atoms with van der Waals surface area (Å²) in [7, 11) is 0. The Morgan fingerprint density at radius 1 is 1.33 bits per heavy atom. The lowest BCUT2D eigenvalue weighted by molar-refractivity contribution is -0.000241. The molecule has 5 nitrogen and oxygen atoms in total. The average molecular weight is 384 g/mol. The van der Waals surface area contributed by atoms with E-state index in [1.165, 1.54) is 5.56 Å². The van der Waals surface area contributed by atoms with Crippen LogP contribution in [0.15, 0.2) is 29.3 Å². The van der Waals surface area contributed by atoms with Gasteiger partial charge < -0.3 is 10.4 Å². The molecule has 1 saturated heterocycles. The van der Waals surface area contributed by atoms with Gasteiger partial charge >= 0.3 is 0 Å². The van der Waals surface area contributed by atoms with Crippen LogP contribution in [0.4, 0.5) is 0 Å². The van der Waals surface area contributed by atoms with E-state index in [1.807, 2.05) is 6.92 Å². The van der Waals surface area contributed by atoms with E-state index in [-0.39, 0.29) is 12.1 Å². The third-order valence-corrected chi connectivity index (χ3v) is 6.44. The van der Waals surface area contributed by atoms with Crippen LogP contribution in [0.25, 0.3) is 21.3 Å². The predicted octanol–water partition coefficient (Wildman–Crippen LogP) is 3.16. The van der Waals surface area contributed by atoms with Gasteiger partial charge in [0.25, 0.3) is 5.56 Å². The normalized spacial score (nSPS) is 20.3. The fourth-order valence-electron chi connectivity index (χ4n) is 3.98. The highest BCUT2D eigenvalue weighted by Crippen LogP contribution is 2.37. The number of aliphatic hydroxyl groups is 1. The van der Waals surface area contributed by atoms with Crippen LogP contribution >= 0.6 is 11.3 Å². The molecule has 0 amide bonds. The minimum absolute atomic E-state index is 0.0701. The lowest BCUT2D eigenvalue weighted by Crippen LogP contribution is -2.49. The third kappa shape index (κ3) is 3.33. The number of aromatic nitrogens is 2. The van der Waals surface area contributed by atoms with Crippen LogP contribution in [0.2, 0.25) is 0 Å². The number of hydrogen-bond donors (Lipinski definition) is 2. The minimum Gasteiger partial charge on any atom is -0.387 e. The Balaban J connectivity index is 1.87. The second-order valence-corrected chi connectivity index (χ2v) is 8.92. The largest absolute Gasteiger partial charge is 0.387 e. The molecule has 0 aliphatic carbocycles. The summed E-state index contributed by atoms with van der Waals surface area (Å²) >= 11 is 1.56. The molecule has 3 aromatic rings. The predicted molar refractivity (Wildman–Crippen MR) is 111 cm³/mol. The molecule has 0 spiro atoms. The van der Waals surface area contributed by atoms with Crippen LogP contribution in [-0.2, 0) is 6.54 Å². The van der Waals surface area contributed by atoms with Crippen LogP contribution in [0.5, 0.6) is 0 Å². The lowest BCUT2D eigenvalue weighted by Gasteiger charge is -2.32. The van der Waals surface area contributed by atoms with Crippen LogP contribution in [0.1, 0.15) is 28.8 Å². The van der Waals surface area contributed by atoms with Crippen molar-refractivity contribution < 1.29 is 5.11 Å². The maximum absolute atomic E-state index is 13.3. The Bertz CT molecular complexity index is 1060. The molecule has 142 valence electrons. The van der Waals surface area contributed by atoms with E-state index in [0.717, 1.165) is 39.4 Å². The molecule has 1 aliphatic rings. The van der Waals surface area contributed by atoms with E-state index in [2.05, 4.69) is 42.3 Å². The van der Waals surface area contributed by atoms with Crippen molar-refractivity contribution in [3.8, 4) is 11.1 Å². The van der Waals surface area contributed by atoms with Gasteiger partial charge in [0.15, 0.2) is 0 Å². The van der Waals surface area contributed by atoms with E-state index in [4.69, 9.17) is 0 Å². The number of nitrogens with zero attached hydrogens (tertiary/aromatic N) is 2. The first-order chi connectivity index (χ1) is 12.9. The first kappa shape index (κ1) is 18.3. The van der Waals surface area contributed by atoms with E-state index in [9.17, 15) is 9.90 Å². The van der Waals surface area contributed by atoms with E-state index >= 15 is 0 Å². The van der Waals surface area contributed by atoms with Gasteiger partial charge in [0.05, 0.1) is 23.9 Å². The van der Waals surface area contributed by atoms with Crippen LogP contribution in [0, 0.1) is 20.8 Å². The van der Waals surface area contributed by atoms with Gasteiger partial charge in [-0.25, -0.2) is 4.98 Å². The van der Waals surface area contributed by atoms with Crippen molar-refractivity contribution in [2.24, 2.45) is 0 Å². The van der Waals surface area contributed by atoms with Gasteiger partial charge in [-0.15, -0.1) is 11.3 Å². The maximum Gasteiger partial charge on any atom is 0.262 e. The van der Waals surface area contributed by atoms with Gasteiger partial charge in [-0.2, -0.15) is 0 Å². The van der Waals surface area contributed by atoms with Crippen molar-refractivity contribution >= 4 is 21.6 Å². The summed E-state index contributed by atoms with van der Waals surface area (Å²) in [5.74, 6) is 0. The highest BCUT2D eigenvalue weighted by molar-refractivity contribution is 7.19. The Labute approximate surface area is 162 Å². The number of aryl methyl sites for hydroxylation is 3. The summed E-state index contributed by atoms with van der Waals surface area (Å²) < 4.78 is 1.58. The molecular weight excluding hydrogens is 358 g/mol. The van der Waals surface area contributed by atoms with Crippen molar-refractivity contribution in [1.29, 1.82) is 0 Å². The molecule has 3 heterocycles. The Hall–Kier alpha value is -2.02. The molecule has 0 unspecified atom stereocenters.